The first-order valence-electron chi connectivity index (χ1n) is 4.11. The molecule has 1 aromatic rings. The fourth-order valence-corrected chi connectivity index (χ4v) is 1.07. The summed E-state index contributed by atoms with van der Waals surface area (Å²) in [6.07, 6.45) is 4.88. The Bertz CT molecular complexity index is 382. The quantitative estimate of drug-likeness (QED) is 0.718. The Labute approximate surface area is 87.6 Å². The summed E-state index contributed by atoms with van der Waals surface area (Å²) in [7, 11) is 0. The van der Waals surface area contributed by atoms with Crippen molar-refractivity contribution >= 4 is 17.7 Å². The van der Waals surface area contributed by atoms with E-state index in [1.807, 2.05) is 13.0 Å². The molecular weight excluding hydrogens is 200 g/mol. The molecule has 0 fully saturated rings. The zero-order chi connectivity index (χ0) is 10.4. The summed E-state index contributed by atoms with van der Waals surface area (Å²) in [5.74, 6) is 0. The molecule has 0 atom stereocenters. The molecule has 0 aliphatic heterocycles. The first-order chi connectivity index (χ1) is 6.77. The second kappa shape index (κ2) is 5.25. The van der Waals surface area contributed by atoms with Crippen LogP contribution in [0.25, 0.3) is 6.08 Å². The molecule has 0 radical (unpaired) electrons. The van der Waals surface area contributed by atoms with E-state index in [9.17, 15) is 0 Å². The Morgan fingerprint density at radius 2 is 2.50 bits per heavy atom. The molecule has 0 saturated carbocycles. The predicted octanol–water partition coefficient (Wildman–Crippen LogP) is 2.61. The van der Waals surface area contributed by atoms with Crippen molar-refractivity contribution in [2.75, 3.05) is 6.61 Å². The molecule has 72 valence electrons. The van der Waals surface area contributed by atoms with Gasteiger partial charge in [-0.25, -0.2) is 4.98 Å². The van der Waals surface area contributed by atoms with Crippen LogP contribution in [0, 0.1) is 11.3 Å². The topological polar surface area (TPSA) is 45.9 Å². The highest BCUT2D eigenvalue weighted by atomic mass is 35.5. The lowest BCUT2D eigenvalue weighted by atomic mass is 10.2. The fraction of sp³-hybridized carbons (Fsp3) is 0.200. The minimum Gasteiger partial charge on any atom is -0.501 e. The van der Waals surface area contributed by atoms with Crippen LogP contribution in [0.2, 0.25) is 5.02 Å². The Morgan fingerprint density at radius 3 is 3.07 bits per heavy atom. The lowest BCUT2D eigenvalue weighted by molar-refractivity contribution is 0.272. The highest BCUT2D eigenvalue weighted by Gasteiger charge is 1.99. The minimum absolute atomic E-state index is 0.236. The van der Waals surface area contributed by atoms with Crippen LogP contribution in [0.1, 0.15) is 18.2 Å². The zero-order valence-electron chi connectivity index (χ0n) is 7.70. The van der Waals surface area contributed by atoms with E-state index in [1.54, 1.807) is 24.6 Å². The van der Waals surface area contributed by atoms with Gasteiger partial charge >= 0.3 is 0 Å². The van der Waals surface area contributed by atoms with Gasteiger partial charge in [0.05, 0.1) is 17.9 Å². The Balaban J connectivity index is 2.82. The Morgan fingerprint density at radius 1 is 1.71 bits per heavy atom. The van der Waals surface area contributed by atoms with Gasteiger partial charge in [-0.2, -0.15) is 5.26 Å². The summed E-state index contributed by atoms with van der Waals surface area (Å²) in [6, 6.07) is 3.56. The monoisotopic (exact) mass is 208 g/mol. The summed E-state index contributed by atoms with van der Waals surface area (Å²) in [4.78, 5) is 3.88. The molecule has 1 heterocycles. The molecule has 0 spiro atoms. The molecular formula is C10H9ClN2O. The molecule has 1 aromatic heterocycles. The van der Waals surface area contributed by atoms with Gasteiger partial charge in [-0.05, 0) is 24.6 Å². The maximum Gasteiger partial charge on any atom is 0.159 e. The molecule has 0 aliphatic rings. The number of ether oxygens (including phenoxy) is 1. The molecule has 0 N–H and O–H groups in total. The van der Waals surface area contributed by atoms with Gasteiger partial charge in [-0.1, -0.05) is 11.6 Å². The van der Waals surface area contributed by atoms with Crippen LogP contribution in [0.15, 0.2) is 18.5 Å². The standard InChI is InChI=1S/C10H9ClN2O/c1-2-14-4-3-8-5-9(11)10(6-12)13-7-8/h3-5,7H,2H2,1H3. The lowest BCUT2D eigenvalue weighted by Crippen LogP contribution is -1.85. The maximum atomic E-state index is 8.58. The zero-order valence-corrected chi connectivity index (χ0v) is 8.45. The van der Waals surface area contributed by atoms with Crippen molar-refractivity contribution in [3.05, 3.63) is 34.8 Å². The highest BCUT2D eigenvalue weighted by Crippen LogP contribution is 2.14. The number of hydrogen-bond donors (Lipinski definition) is 0. The molecule has 0 bridgehead atoms. The van der Waals surface area contributed by atoms with E-state index in [-0.39, 0.29) is 5.69 Å². The predicted molar refractivity (Wildman–Crippen MR) is 54.6 cm³/mol. The van der Waals surface area contributed by atoms with Crippen LogP contribution < -0.4 is 0 Å². The minimum atomic E-state index is 0.236. The van der Waals surface area contributed by atoms with Crippen molar-refractivity contribution in [2.24, 2.45) is 0 Å². The second-order valence-electron chi connectivity index (χ2n) is 2.47. The van der Waals surface area contributed by atoms with E-state index in [0.717, 1.165) is 5.56 Å². The van der Waals surface area contributed by atoms with Gasteiger partial charge < -0.3 is 4.74 Å². The molecule has 0 amide bonds. The van der Waals surface area contributed by atoms with Crippen molar-refractivity contribution in [2.45, 2.75) is 6.92 Å². The van der Waals surface area contributed by atoms with E-state index in [4.69, 9.17) is 21.6 Å². The average molecular weight is 209 g/mol. The molecule has 0 unspecified atom stereocenters. The van der Waals surface area contributed by atoms with Gasteiger partial charge in [0.2, 0.25) is 0 Å². The molecule has 4 heteroatoms. The van der Waals surface area contributed by atoms with E-state index in [1.165, 1.54) is 0 Å². The Kier molecular flexibility index (Phi) is 3.96. The van der Waals surface area contributed by atoms with Crippen molar-refractivity contribution < 1.29 is 4.74 Å². The van der Waals surface area contributed by atoms with Gasteiger partial charge in [0.1, 0.15) is 6.07 Å². The number of hydrogen-bond acceptors (Lipinski definition) is 3. The van der Waals surface area contributed by atoms with Crippen molar-refractivity contribution in [1.29, 1.82) is 5.26 Å². The summed E-state index contributed by atoms with van der Waals surface area (Å²) in [5, 5.41) is 8.94. The SMILES string of the molecule is CCOC=Cc1cnc(C#N)c(Cl)c1. The van der Waals surface area contributed by atoms with Crippen LogP contribution >= 0.6 is 11.6 Å². The average Bonchev–Trinajstić information content (AvgIpc) is 2.18. The summed E-state index contributed by atoms with van der Waals surface area (Å²) < 4.78 is 5.02. The first-order valence-corrected chi connectivity index (χ1v) is 4.49. The van der Waals surface area contributed by atoms with Crippen molar-refractivity contribution in [1.82, 2.24) is 4.98 Å². The van der Waals surface area contributed by atoms with Gasteiger partial charge in [-0.15, -0.1) is 0 Å². The molecule has 3 nitrogen and oxygen atoms in total. The largest absolute Gasteiger partial charge is 0.501 e. The van der Waals surface area contributed by atoms with Crippen molar-refractivity contribution in [3.63, 3.8) is 0 Å². The summed E-state index contributed by atoms with van der Waals surface area (Å²) in [5.41, 5.74) is 1.04. The summed E-state index contributed by atoms with van der Waals surface area (Å²) in [6.45, 7) is 2.52. The van der Waals surface area contributed by atoms with Crippen LogP contribution in [0.3, 0.4) is 0 Å². The lowest BCUT2D eigenvalue weighted by Gasteiger charge is -1.96. The number of pyridine rings is 1. The molecule has 0 saturated heterocycles. The first kappa shape index (κ1) is 10.6. The van der Waals surface area contributed by atoms with Crippen LogP contribution in [0.5, 0.6) is 0 Å². The molecule has 14 heavy (non-hydrogen) atoms. The van der Waals surface area contributed by atoms with E-state index in [0.29, 0.717) is 11.6 Å². The van der Waals surface area contributed by atoms with E-state index >= 15 is 0 Å². The fourth-order valence-electron chi connectivity index (χ4n) is 0.849. The van der Waals surface area contributed by atoms with Crippen LogP contribution in [0.4, 0.5) is 0 Å². The van der Waals surface area contributed by atoms with Gasteiger partial charge in [0.15, 0.2) is 5.69 Å². The third kappa shape index (κ3) is 2.75. The highest BCUT2D eigenvalue weighted by molar-refractivity contribution is 6.31. The van der Waals surface area contributed by atoms with E-state index < -0.39 is 0 Å². The third-order valence-electron chi connectivity index (χ3n) is 1.49. The van der Waals surface area contributed by atoms with Crippen molar-refractivity contribution in [3.8, 4) is 6.07 Å². The molecule has 0 aliphatic carbocycles. The molecule has 1 rings (SSSR count). The summed E-state index contributed by atoms with van der Waals surface area (Å²) >= 11 is 5.78. The Hall–Kier alpha value is -1.53. The molecule has 0 aromatic carbocycles. The van der Waals surface area contributed by atoms with Gasteiger partial charge in [0.25, 0.3) is 0 Å². The normalized spacial score (nSPS) is 10.1. The van der Waals surface area contributed by atoms with E-state index in [2.05, 4.69) is 4.98 Å². The third-order valence-corrected chi connectivity index (χ3v) is 1.78. The van der Waals surface area contributed by atoms with Crippen LogP contribution in [-0.2, 0) is 4.74 Å². The number of aromatic nitrogens is 1. The maximum absolute atomic E-state index is 8.58. The number of rotatable bonds is 3. The number of halogens is 1. The van der Waals surface area contributed by atoms with Gasteiger partial charge in [0, 0.05) is 6.20 Å². The second-order valence-corrected chi connectivity index (χ2v) is 2.88. The van der Waals surface area contributed by atoms with Gasteiger partial charge in [-0.3, -0.25) is 0 Å². The smallest absolute Gasteiger partial charge is 0.159 e. The number of nitriles is 1. The van der Waals surface area contributed by atoms with Crippen LogP contribution in [-0.4, -0.2) is 11.6 Å². The number of nitrogens with zero attached hydrogens (tertiary/aromatic N) is 2.